The second-order valence-corrected chi connectivity index (χ2v) is 8.71. The maximum absolute atomic E-state index is 13.9. The number of amides is 1. The average molecular weight is 464 g/mol. The standard InChI is InChI=1S/C24H24F4N2O3/c1-13(12-31)30-10-16-5-6-17(15-3-4-15)23(22(16)20(32)11-30)29-21(33)9-14-2-7-18(19(25)8-14)24(26,27)28/h2,6-8,10,13,15,31H,3-5,9,11-12H2,1H3,(H,29,33)/t13-/m1/s1. The quantitative estimate of drug-likeness (QED) is 0.631. The number of hydrogen-bond acceptors (Lipinski definition) is 4. The Labute approximate surface area is 188 Å². The molecule has 0 bridgehead atoms. The van der Waals surface area contributed by atoms with Crippen molar-refractivity contribution in [3.63, 3.8) is 0 Å². The van der Waals surface area contributed by atoms with Crippen LogP contribution < -0.4 is 5.32 Å². The van der Waals surface area contributed by atoms with Crippen molar-refractivity contribution < 1.29 is 32.3 Å². The number of nitrogens with one attached hydrogen (secondary N) is 1. The van der Waals surface area contributed by atoms with Crippen molar-refractivity contribution in [2.45, 2.75) is 44.8 Å². The highest BCUT2D eigenvalue weighted by molar-refractivity contribution is 6.04. The smallest absolute Gasteiger partial charge is 0.394 e. The van der Waals surface area contributed by atoms with Crippen molar-refractivity contribution in [1.29, 1.82) is 0 Å². The fourth-order valence-corrected chi connectivity index (χ4v) is 4.21. The lowest BCUT2D eigenvalue weighted by atomic mass is 9.84. The number of allylic oxidation sites excluding steroid dienone is 3. The molecule has 0 spiro atoms. The minimum Gasteiger partial charge on any atom is -0.394 e. The predicted octanol–water partition coefficient (Wildman–Crippen LogP) is 3.65. The number of alkyl halides is 3. The Kier molecular flexibility index (Phi) is 6.18. The maximum atomic E-state index is 13.9. The third kappa shape index (κ3) is 4.88. The molecule has 2 N–H and O–H groups in total. The van der Waals surface area contributed by atoms with Crippen LogP contribution >= 0.6 is 0 Å². The first-order valence-corrected chi connectivity index (χ1v) is 10.8. The molecule has 1 aromatic rings. The molecule has 1 atom stereocenters. The minimum atomic E-state index is -4.81. The highest BCUT2D eigenvalue weighted by Gasteiger charge is 2.37. The molecule has 1 fully saturated rings. The molecule has 5 nitrogen and oxygen atoms in total. The number of benzene rings is 1. The second kappa shape index (κ2) is 8.78. The summed E-state index contributed by atoms with van der Waals surface area (Å²) in [6.45, 7) is 1.77. The molecule has 0 saturated heterocycles. The first kappa shape index (κ1) is 23.2. The van der Waals surface area contributed by atoms with Gasteiger partial charge in [0, 0.05) is 17.8 Å². The molecule has 0 radical (unpaired) electrons. The molecule has 3 aliphatic rings. The number of rotatable bonds is 6. The highest BCUT2D eigenvalue weighted by Crippen LogP contribution is 2.44. The van der Waals surface area contributed by atoms with Gasteiger partial charge in [-0.25, -0.2) is 4.39 Å². The molecule has 33 heavy (non-hydrogen) atoms. The zero-order chi connectivity index (χ0) is 23.9. The van der Waals surface area contributed by atoms with E-state index in [4.69, 9.17) is 0 Å². The first-order valence-electron chi connectivity index (χ1n) is 10.8. The monoisotopic (exact) mass is 464 g/mol. The molecule has 2 aliphatic carbocycles. The van der Waals surface area contributed by atoms with Gasteiger partial charge < -0.3 is 15.3 Å². The molecule has 1 heterocycles. The lowest BCUT2D eigenvalue weighted by Gasteiger charge is -2.34. The van der Waals surface area contributed by atoms with E-state index < -0.39 is 23.5 Å². The van der Waals surface area contributed by atoms with Crippen molar-refractivity contribution in [1.82, 2.24) is 10.2 Å². The Hall–Kier alpha value is -2.94. The summed E-state index contributed by atoms with van der Waals surface area (Å²) in [6.07, 6.45) is 1.10. The highest BCUT2D eigenvalue weighted by atomic mass is 19.4. The Morgan fingerprint density at radius 3 is 2.64 bits per heavy atom. The van der Waals surface area contributed by atoms with Gasteiger partial charge >= 0.3 is 6.18 Å². The van der Waals surface area contributed by atoms with Crippen LogP contribution in [-0.2, 0) is 22.2 Å². The van der Waals surface area contributed by atoms with E-state index in [9.17, 15) is 32.3 Å². The Balaban J connectivity index is 1.59. The molecule has 9 heteroatoms. The van der Waals surface area contributed by atoms with Gasteiger partial charge in [-0.2, -0.15) is 13.2 Å². The third-order valence-corrected chi connectivity index (χ3v) is 6.14. The summed E-state index contributed by atoms with van der Waals surface area (Å²) in [6, 6.07) is 2.18. The van der Waals surface area contributed by atoms with Crippen LogP contribution in [0, 0.1) is 11.7 Å². The Morgan fingerprint density at radius 1 is 1.30 bits per heavy atom. The number of aliphatic hydroxyl groups is 1. The number of hydrogen-bond donors (Lipinski definition) is 2. The van der Waals surface area contributed by atoms with Crippen LogP contribution in [0.4, 0.5) is 17.6 Å². The van der Waals surface area contributed by atoms with Gasteiger partial charge in [0.05, 0.1) is 30.8 Å². The summed E-state index contributed by atoms with van der Waals surface area (Å²) >= 11 is 0. The van der Waals surface area contributed by atoms with Crippen molar-refractivity contribution >= 4 is 11.7 Å². The number of carbonyl (C=O) groups is 2. The van der Waals surface area contributed by atoms with Crippen molar-refractivity contribution in [3.05, 3.63) is 69.8 Å². The van der Waals surface area contributed by atoms with Gasteiger partial charge in [0.25, 0.3) is 0 Å². The van der Waals surface area contributed by atoms with Crippen LogP contribution in [0.25, 0.3) is 0 Å². The van der Waals surface area contributed by atoms with Crippen LogP contribution in [0.3, 0.4) is 0 Å². The van der Waals surface area contributed by atoms with Gasteiger partial charge in [0.15, 0.2) is 5.78 Å². The topological polar surface area (TPSA) is 69.6 Å². The number of ketones is 1. The van der Waals surface area contributed by atoms with Crippen molar-refractivity contribution in [2.75, 3.05) is 13.2 Å². The number of Topliss-reactive ketones (excluding diaryl/α,β-unsaturated/α-hetero) is 1. The summed E-state index contributed by atoms with van der Waals surface area (Å²) in [5.74, 6) is -1.89. The number of aliphatic hydroxyl groups excluding tert-OH is 1. The molecule has 0 unspecified atom stereocenters. The molecular weight excluding hydrogens is 440 g/mol. The largest absolute Gasteiger partial charge is 0.419 e. The molecule has 4 rings (SSSR count). The number of fused-ring (bicyclic) bond motifs is 1. The fraction of sp³-hybridized carbons (Fsp3) is 0.417. The summed E-state index contributed by atoms with van der Waals surface area (Å²) in [7, 11) is 0. The molecular formula is C24H24F4N2O3. The average Bonchev–Trinajstić information content (AvgIpc) is 3.57. The molecule has 1 aromatic carbocycles. The van der Waals surface area contributed by atoms with E-state index in [-0.39, 0.29) is 42.9 Å². The molecule has 1 amide bonds. The van der Waals surface area contributed by atoms with E-state index in [1.165, 1.54) is 0 Å². The van der Waals surface area contributed by atoms with Gasteiger partial charge in [0.2, 0.25) is 5.91 Å². The van der Waals surface area contributed by atoms with E-state index in [2.05, 4.69) is 5.32 Å². The minimum absolute atomic E-state index is 0.0714. The van der Waals surface area contributed by atoms with E-state index in [1.54, 1.807) is 11.8 Å². The normalized spacial score (nSPS) is 19.7. The van der Waals surface area contributed by atoms with Crippen molar-refractivity contribution in [3.8, 4) is 0 Å². The van der Waals surface area contributed by atoms with E-state index in [0.717, 1.165) is 30.1 Å². The van der Waals surface area contributed by atoms with Crippen LogP contribution in [0.15, 0.2) is 52.9 Å². The molecule has 1 saturated carbocycles. The number of halogens is 4. The van der Waals surface area contributed by atoms with Gasteiger partial charge in [-0.1, -0.05) is 12.1 Å². The van der Waals surface area contributed by atoms with Gasteiger partial charge in [0.1, 0.15) is 5.82 Å². The first-order chi connectivity index (χ1) is 15.6. The van der Waals surface area contributed by atoms with Crippen LogP contribution in [0.2, 0.25) is 0 Å². The lowest BCUT2D eigenvalue weighted by molar-refractivity contribution is -0.140. The Morgan fingerprint density at radius 2 is 2.03 bits per heavy atom. The summed E-state index contributed by atoms with van der Waals surface area (Å²) in [5, 5.41) is 12.2. The summed E-state index contributed by atoms with van der Waals surface area (Å²) in [4.78, 5) is 27.6. The zero-order valence-electron chi connectivity index (χ0n) is 18.0. The Bertz CT molecular complexity index is 1080. The third-order valence-electron chi connectivity index (χ3n) is 6.14. The van der Waals surface area contributed by atoms with Crippen LogP contribution in [-0.4, -0.2) is 40.9 Å². The van der Waals surface area contributed by atoms with Gasteiger partial charge in [-0.05, 0) is 60.9 Å². The predicted molar refractivity (Wildman–Crippen MR) is 112 cm³/mol. The molecule has 0 aromatic heterocycles. The van der Waals surface area contributed by atoms with Crippen molar-refractivity contribution in [2.24, 2.45) is 5.92 Å². The zero-order valence-corrected chi connectivity index (χ0v) is 18.0. The molecule has 176 valence electrons. The number of nitrogens with zero attached hydrogens (tertiary/aromatic N) is 1. The summed E-state index contributed by atoms with van der Waals surface area (Å²) in [5.41, 5.74) is 1.23. The fourth-order valence-electron chi connectivity index (χ4n) is 4.21. The van der Waals surface area contributed by atoms with E-state index >= 15 is 0 Å². The summed E-state index contributed by atoms with van der Waals surface area (Å²) < 4.78 is 52.2. The SMILES string of the molecule is C[C@H](CO)N1C=C2CC=C(C3CC3)C(NC(=O)Cc3ccc(C(F)(F)F)c(F)c3)=C2C(=O)C1. The van der Waals surface area contributed by atoms with E-state index in [1.807, 2.05) is 12.3 Å². The lowest BCUT2D eigenvalue weighted by Crippen LogP contribution is -2.41. The van der Waals surface area contributed by atoms with Gasteiger partial charge in [-0.15, -0.1) is 0 Å². The molecule has 1 aliphatic heterocycles. The van der Waals surface area contributed by atoms with Gasteiger partial charge in [-0.3, -0.25) is 9.59 Å². The second-order valence-electron chi connectivity index (χ2n) is 8.71. The van der Waals surface area contributed by atoms with Crippen LogP contribution in [0.5, 0.6) is 0 Å². The van der Waals surface area contributed by atoms with Crippen LogP contribution in [0.1, 0.15) is 37.3 Å². The maximum Gasteiger partial charge on any atom is 0.419 e. The number of carbonyl (C=O) groups excluding carboxylic acids is 2. The van der Waals surface area contributed by atoms with E-state index in [0.29, 0.717) is 29.8 Å².